The van der Waals surface area contributed by atoms with E-state index in [0.29, 0.717) is 18.8 Å². The van der Waals surface area contributed by atoms with Crippen molar-refractivity contribution in [2.24, 2.45) is 17.8 Å². The minimum atomic E-state index is -0.888. The average Bonchev–Trinajstić information content (AvgIpc) is 3.10. The number of ketones is 1. The van der Waals surface area contributed by atoms with Gasteiger partial charge in [0.25, 0.3) is 0 Å². The molecule has 2 aromatic carbocycles. The number of Topliss-reactive ketones (excluding diaryl/α,β-unsaturated/α-hetero) is 1. The molecule has 1 heterocycles. The van der Waals surface area contributed by atoms with Crippen LogP contribution in [0.25, 0.3) is 0 Å². The SMILES string of the molecule is COc1ccc(C(=O)COC(=O)c2ccccc2N2C(=O)[C@@H]3CC[C@H](C)C[C@H]3C2=O)cc1[N+](=O)[O-]. The van der Waals surface area contributed by atoms with Gasteiger partial charge in [0.1, 0.15) is 0 Å². The van der Waals surface area contributed by atoms with Crippen molar-refractivity contribution in [2.45, 2.75) is 26.2 Å². The van der Waals surface area contributed by atoms with Crippen LogP contribution in [-0.4, -0.2) is 42.2 Å². The molecule has 2 fully saturated rings. The number of nitro groups is 1. The number of ether oxygens (including phenoxy) is 2. The first-order chi connectivity index (χ1) is 16.7. The highest BCUT2D eigenvalue weighted by atomic mass is 16.6. The van der Waals surface area contributed by atoms with Gasteiger partial charge in [-0.1, -0.05) is 19.1 Å². The molecule has 0 aromatic heterocycles. The van der Waals surface area contributed by atoms with Crippen LogP contribution in [0.5, 0.6) is 5.75 Å². The Morgan fingerprint density at radius 2 is 1.80 bits per heavy atom. The highest BCUT2D eigenvalue weighted by molar-refractivity contribution is 6.24. The standard InChI is InChI=1S/C25H24N2O8/c1-14-7-9-16-18(11-14)24(30)26(23(16)29)19-6-4-3-5-17(19)25(31)35-13-21(28)15-8-10-22(34-2)20(12-15)27(32)33/h3-6,8,10,12,14,16,18H,7,9,11,13H2,1-2H3/t14-,16+,18+/m0/s1. The fraction of sp³-hybridized carbons (Fsp3) is 0.360. The van der Waals surface area contributed by atoms with Gasteiger partial charge >= 0.3 is 11.7 Å². The van der Waals surface area contributed by atoms with Crippen LogP contribution in [0.15, 0.2) is 42.5 Å². The van der Waals surface area contributed by atoms with E-state index in [1.165, 1.54) is 31.4 Å². The van der Waals surface area contributed by atoms with E-state index < -0.39 is 40.8 Å². The number of amides is 2. The highest BCUT2D eigenvalue weighted by Gasteiger charge is 2.50. The zero-order chi connectivity index (χ0) is 25.3. The molecular weight excluding hydrogens is 456 g/mol. The minimum absolute atomic E-state index is 0.00706. The van der Waals surface area contributed by atoms with Crippen molar-refractivity contribution in [3.05, 3.63) is 63.7 Å². The number of carbonyl (C=O) groups is 4. The van der Waals surface area contributed by atoms with Gasteiger partial charge in [0, 0.05) is 11.6 Å². The molecule has 0 N–H and O–H groups in total. The molecule has 3 atom stereocenters. The first-order valence-corrected chi connectivity index (χ1v) is 11.2. The lowest BCUT2D eigenvalue weighted by Crippen LogP contribution is -2.32. The van der Waals surface area contributed by atoms with E-state index in [1.807, 2.05) is 0 Å². The van der Waals surface area contributed by atoms with Gasteiger partial charge in [0.05, 0.1) is 35.1 Å². The Morgan fingerprint density at radius 1 is 1.09 bits per heavy atom. The predicted octanol–water partition coefficient (Wildman–Crippen LogP) is 3.57. The van der Waals surface area contributed by atoms with Gasteiger partial charge in [-0.25, -0.2) is 9.69 Å². The lowest BCUT2D eigenvalue weighted by Gasteiger charge is -2.25. The Kier molecular flexibility index (Phi) is 6.63. The van der Waals surface area contributed by atoms with Gasteiger partial charge < -0.3 is 9.47 Å². The summed E-state index contributed by atoms with van der Waals surface area (Å²) >= 11 is 0. The summed E-state index contributed by atoms with van der Waals surface area (Å²) in [4.78, 5) is 63.1. The zero-order valence-electron chi connectivity index (χ0n) is 19.3. The number of rotatable bonds is 7. The van der Waals surface area contributed by atoms with Crippen LogP contribution in [0.3, 0.4) is 0 Å². The fourth-order valence-electron chi connectivity index (χ4n) is 4.77. The summed E-state index contributed by atoms with van der Waals surface area (Å²) in [6.07, 6.45) is 2.12. The Labute approximate surface area is 201 Å². The number of esters is 1. The Morgan fingerprint density at radius 3 is 2.51 bits per heavy atom. The van der Waals surface area contributed by atoms with Crippen molar-refractivity contribution >= 4 is 34.9 Å². The highest BCUT2D eigenvalue weighted by Crippen LogP contribution is 2.42. The molecule has 182 valence electrons. The summed E-state index contributed by atoms with van der Waals surface area (Å²) in [5.41, 5.74) is -0.310. The molecule has 1 aliphatic carbocycles. The van der Waals surface area contributed by atoms with E-state index in [2.05, 4.69) is 6.92 Å². The molecule has 1 aliphatic heterocycles. The van der Waals surface area contributed by atoms with Gasteiger partial charge in [0.15, 0.2) is 12.4 Å². The number of methoxy groups -OCH3 is 1. The average molecular weight is 480 g/mol. The van der Waals surface area contributed by atoms with E-state index in [-0.39, 0.29) is 34.4 Å². The fourth-order valence-corrected chi connectivity index (χ4v) is 4.77. The monoisotopic (exact) mass is 480 g/mol. The van der Waals surface area contributed by atoms with Crippen molar-refractivity contribution < 1.29 is 33.6 Å². The first-order valence-electron chi connectivity index (χ1n) is 11.2. The third kappa shape index (κ3) is 4.51. The molecule has 1 saturated carbocycles. The smallest absolute Gasteiger partial charge is 0.340 e. The summed E-state index contributed by atoms with van der Waals surface area (Å²) in [7, 11) is 1.27. The Balaban J connectivity index is 1.52. The van der Waals surface area contributed by atoms with Gasteiger partial charge in [0.2, 0.25) is 17.6 Å². The van der Waals surface area contributed by atoms with Crippen LogP contribution in [-0.2, 0) is 14.3 Å². The molecule has 10 nitrogen and oxygen atoms in total. The topological polar surface area (TPSA) is 133 Å². The van der Waals surface area contributed by atoms with Crippen molar-refractivity contribution in [3.8, 4) is 5.75 Å². The molecule has 2 aliphatic rings. The molecule has 35 heavy (non-hydrogen) atoms. The summed E-state index contributed by atoms with van der Waals surface area (Å²) in [5.74, 6) is -2.66. The summed E-state index contributed by atoms with van der Waals surface area (Å²) < 4.78 is 10.1. The van der Waals surface area contributed by atoms with Crippen molar-refractivity contribution in [1.82, 2.24) is 0 Å². The number of fused-ring (bicyclic) bond motifs is 1. The van der Waals surface area contributed by atoms with E-state index in [9.17, 15) is 29.3 Å². The van der Waals surface area contributed by atoms with E-state index >= 15 is 0 Å². The van der Waals surface area contributed by atoms with Gasteiger partial charge in [-0.05, 0) is 49.4 Å². The number of carbonyl (C=O) groups excluding carboxylic acids is 4. The van der Waals surface area contributed by atoms with E-state index in [4.69, 9.17) is 9.47 Å². The molecule has 0 unspecified atom stereocenters. The van der Waals surface area contributed by atoms with Crippen molar-refractivity contribution in [1.29, 1.82) is 0 Å². The second-order valence-corrected chi connectivity index (χ2v) is 8.80. The zero-order valence-corrected chi connectivity index (χ0v) is 19.3. The molecule has 10 heteroatoms. The summed E-state index contributed by atoms with van der Waals surface area (Å²) in [6.45, 7) is 1.37. The number of imide groups is 1. The van der Waals surface area contributed by atoms with Crippen LogP contribution >= 0.6 is 0 Å². The maximum atomic E-state index is 13.1. The van der Waals surface area contributed by atoms with Gasteiger partial charge in [-0.2, -0.15) is 0 Å². The lowest BCUT2D eigenvalue weighted by atomic mass is 9.76. The molecule has 0 bridgehead atoms. The molecule has 2 aromatic rings. The van der Waals surface area contributed by atoms with Crippen LogP contribution < -0.4 is 9.64 Å². The number of benzene rings is 2. The lowest BCUT2D eigenvalue weighted by molar-refractivity contribution is -0.385. The molecule has 2 amide bonds. The van der Waals surface area contributed by atoms with Crippen LogP contribution in [0, 0.1) is 27.9 Å². The second kappa shape index (κ2) is 9.65. The van der Waals surface area contributed by atoms with Crippen LogP contribution in [0.2, 0.25) is 0 Å². The number of para-hydroxylation sites is 1. The Bertz CT molecular complexity index is 1220. The van der Waals surface area contributed by atoms with E-state index in [1.54, 1.807) is 12.1 Å². The van der Waals surface area contributed by atoms with Crippen molar-refractivity contribution in [3.63, 3.8) is 0 Å². The molecule has 1 saturated heterocycles. The Hall–Kier alpha value is -4.08. The third-order valence-corrected chi connectivity index (χ3v) is 6.58. The molecule has 4 rings (SSSR count). The van der Waals surface area contributed by atoms with Crippen LogP contribution in [0.4, 0.5) is 11.4 Å². The predicted molar refractivity (Wildman–Crippen MR) is 123 cm³/mol. The summed E-state index contributed by atoms with van der Waals surface area (Å²) in [6, 6.07) is 9.77. The molecule has 0 spiro atoms. The maximum absolute atomic E-state index is 13.1. The molecular formula is C25H24N2O8. The molecule has 0 radical (unpaired) electrons. The largest absolute Gasteiger partial charge is 0.490 e. The maximum Gasteiger partial charge on any atom is 0.340 e. The number of hydrogen-bond acceptors (Lipinski definition) is 8. The minimum Gasteiger partial charge on any atom is -0.490 e. The summed E-state index contributed by atoms with van der Waals surface area (Å²) in [5, 5.41) is 11.2. The number of nitrogens with zero attached hydrogens (tertiary/aromatic N) is 2. The number of nitro benzene ring substituents is 1. The van der Waals surface area contributed by atoms with Crippen LogP contribution in [0.1, 0.15) is 46.9 Å². The quantitative estimate of drug-likeness (QED) is 0.193. The second-order valence-electron chi connectivity index (χ2n) is 8.80. The van der Waals surface area contributed by atoms with Gasteiger partial charge in [-0.15, -0.1) is 0 Å². The number of anilines is 1. The number of hydrogen-bond donors (Lipinski definition) is 0. The van der Waals surface area contributed by atoms with E-state index in [0.717, 1.165) is 17.4 Å². The van der Waals surface area contributed by atoms with Gasteiger partial charge in [-0.3, -0.25) is 24.5 Å². The third-order valence-electron chi connectivity index (χ3n) is 6.58. The normalized spacial score (nSPS) is 21.4. The first kappa shape index (κ1) is 24.1. The van der Waals surface area contributed by atoms with Crippen molar-refractivity contribution in [2.75, 3.05) is 18.6 Å².